The van der Waals surface area contributed by atoms with Crippen molar-refractivity contribution in [1.29, 1.82) is 0 Å². The van der Waals surface area contributed by atoms with E-state index in [-0.39, 0.29) is 4.90 Å². The molecule has 0 aromatic heterocycles. The van der Waals surface area contributed by atoms with Crippen LogP contribution in [0.3, 0.4) is 0 Å². The van der Waals surface area contributed by atoms with Crippen LogP contribution in [-0.2, 0) is 14.8 Å². The van der Waals surface area contributed by atoms with Gasteiger partial charge >= 0.3 is 6.09 Å². The maximum atomic E-state index is 12.6. The summed E-state index contributed by atoms with van der Waals surface area (Å²) in [5.74, 6) is 0. The summed E-state index contributed by atoms with van der Waals surface area (Å²) < 4.78 is 32.7. The molecule has 0 aliphatic rings. The third kappa shape index (κ3) is 5.51. The number of sulfonamides is 1. The quantitative estimate of drug-likeness (QED) is 0.730. The molecular weight excluding hydrogens is 390 g/mol. The number of hydrogen-bond acceptors (Lipinski definition) is 5. The standard InChI is InChI=1S/C22H37NO5S/c1-15-11-13-16(14-12-15)29(26,27)23-18(24)28-17(19(2,3)4)22(25,20(5,6)7)21(8,9)10/h11-14,17,25H,1-10H3,(H,23,24). The van der Waals surface area contributed by atoms with Crippen LogP contribution in [0.2, 0.25) is 0 Å². The van der Waals surface area contributed by atoms with E-state index in [0.29, 0.717) is 0 Å². The highest BCUT2D eigenvalue weighted by Gasteiger charge is 2.59. The topological polar surface area (TPSA) is 92.7 Å². The van der Waals surface area contributed by atoms with Gasteiger partial charge in [0.1, 0.15) is 11.7 Å². The number of aryl methyl sites for hydroxylation is 1. The van der Waals surface area contributed by atoms with Gasteiger partial charge < -0.3 is 9.84 Å². The maximum absolute atomic E-state index is 12.6. The second-order valence-corrected chi connectivity index (χ2v) is 12.5. The van der Waals surface area contributed by atoms with Crippen molar-refractivity contribution in [1.82, 2.24) is 4.72 Å². The highest BCUT2D eigenvalue weighted by Crippen LogP contribution is 2.51. The largest absolute Gasteiger partial charge is 0.442 e. The van der Waals surface area contributed by atoms with Gasteiger partial charge in [-0.2, -0.15) is 0 Å². The van der Waals surface area contributed by atoms with Gasteiger partial charge in [0.15, 0.2) is 0 Å². The number of benzene rings is 1. The fourth-order valence-corrected chi connectivity index (χ4v) is 4.70. The predicted octanol–water partition coefficient (Wildman–Crippen LogP) is 4.65. The van der Waals surface area contributed by atoms with Crippen LogP contribution < -0.4 is 4.72 Å². The van der Waals surface area contributed by atoms with Crippen molar-refractivity contribution in [2.45, 2.75) is 85.8 Å². The van der Waals surface area contributed by atoms with Crippen molar-refractivity contribution in [2.75, 3.05) is 0 Å². The Labute approximate surface area is 176 Å². The van der Waals surface area contributed by atoms with Crippen molar-refractivity contribution in [3.63, 3.8) is 0 Å². The Morgan fingerprint density at radius 1 is 0.931 bits per heavy atom. The van der Waals surface area contributed by atoms with Crippen molar-refractivity contribution in [2.24, 2.45) is 16.2 Å². The van der Waals surface area contributed by atoms with Crippen molar-refractivity contribution in [3.05, 3.63) is 29.8 Å². The Morgan fingerprint density at radius 2 is 1.34 bits per heavy atom. The molecule has 1 aromatic carbocycles. The van der Waals surface area contributed by atoms with Crippen LogP contribution in [0, 0.1) is 23.2 Å². The van der Waals surface area contributed by atoms with Gasteiger partial charge in [-0.3, -0.25) is 0 Å². The van der Waals surface area contributed by atoms with E-state index in [4.69, 9.17) is 4.74 Å². The monoisotopic (exact) mass is 427 g/mol. The minimum Gasteiger partial charge on any atom is -0.442 e. The first-order valence-electron chi connectivity index (χ1n) is 9.76. The molecular formula is C22H37NO5S. The van der Waals surface area contributed by atoms with Crippen LogP contribution in [-0.4, -0.2) is 31.3 Å². The summed E-state index contributed by atoms with van der Waals surface area (Å²) in [6.07, 6.45) is -2.08. The highest BCUT2D eigenvalue weighted by atomic mass is 32.2. The number of rotatable bonds is 4. The number of ether oxygens (including phenoxy) is 1. The van der Waals surface area contributed by atoms with Gasteiger partial charge in [-0.1, -0.05) is 80.0 Å². The van der Waals surface area contributed by atoms with E-state index in [1.54, 1.807) is 12.1 Å². The number of hydrogen-bond donors (Lipinski definition) is 2. The zero-order chi connectivity index (χ0) is 23.1. The van der Waals surface area contributed by atoms with Gasteiger partial charge in [-0.05, 0) is 29.9 Å². The Kier molecular flexibility index (Phi) is 6.94. The van der Waals surface area contributed by atoms with E-state index in [1.165, 1.54) is 12.1 Å². The summed E-state index contributed by atoms with van der Waals surface area (Å²) in [5, 5.41) is 11.8. The number of amides is 1. The normalized spacial score (nSPS) is 15.0. The lowest BCUT2D eigenvalue weighted by Crippen LogP contribution is -2.66. The van der Waals surface area contributed by atoms with Crippen LogP contribution in [0.25, 0.3) is 0 Å². The second-order valence-electron chi connectivity index (χ2n) is 10.8. The molecule has 0 radical (unpaired) electrons. The van der Waals surface area contributed by atoms with E-state index < -0.39 is 44.1 Å². The Morgan fingerprint density at radius 3 is 1.69 bits per heavy atom. The summed E-state index contributed by atoms with van der Waals surface area (Å²) in [6.45, 7) is 18.6. The van der Waals surface area contributed by atoms with Crippen LogP contribution in [0.15, 0.2) is 29.2 Å². The third-order valence-electron chi connectivity index (χ3n) is 5.23. The van der Waals surface area contributed by atoms with Crippen LogP contribution in [0.4, 0.5) is 4.79 Å². The molecule has 0 spiro atoms. The SMILES string of the molecule is Cc1ccc(S(=O)(=O)NC(=O)OC(C(C)(C)C)C(O)(C(C)(C)C)C(C)(C)C)cc1. The van der Waals surface area contributed by atoms with E-state index in [2.05, 4.69) is 0 Å². The zero-order valence-corrected chi connectivity index (χ0v) is 20.2. The van der Waals surface area contributed by atoms with Gasteiger partial charge in [0.25, 0.3) is 10.0 Å². The summed E-state index contributed by atoms with van der Waals surface area (Å²) >= 11 is 0. The molecule has 1 rings (SSSR count). The molecule has 1 atom stereocenters. The smallest absolute Gasteiger partial charge is 0.421 e. The molecule has 0 saturated heterocycles. The van der Waals surface area contributed by atoms with Crippen molar-refractivity contribution >= 4 is 16.1 Å². The average molecular weight is 428 g/mol. The minimum absolute atomic E-state index is 0.0331. The molecule has 29 heavy (non-hydrogen) atoms. The third-order valence-corrected chi connectivity index (χ3v) is 6.55. The summed E-state index contributed by atoms with van der Waals surface area (Å²) in [6, 6.07) is 6.14. The van der Waals surface area contributed by atoms with Crippen LogP contribution >= 0.6 is 0 Å². The Bertz CT molecular complexity index is 808. The molecule has 0 bridgehead atoms. The molecule has 1 amide bonds. The van der Waals surface area contributed by atoms with E-state index in [0.717, 1.165) is 5.56 Å². The molecule has 166 valence electrons. The summed E-state index contributed by atoms with van der Waals surface area (Å²) in [4.78, 5) is 12.6. The molecule has 0 heterocycles. The molecule has 1 unspecified atom stereocenters. The Balaban J connectivity index is 3.29. The lowest BCUT2D eigenvalue weighted by atomic mass is 9.56. The van der Waals surface area contributed by atoms with Crippen molar-refractivity contribution in [3.8, 4) is 0 Å². The van der Waals surface area contributed by atoms with E-state index in [1.807, 2.05) is 74.0 Å². The first-order valence-corrected chi connectivity index (χ1v) is 11.2. The molecule has 0 aliphatic heterocycles. The van der Waals surface area contributed by atoms with Gasteiger partial charge in [0, 0.05) is 5.41 Å². The fraction of sp³-hybridized carbons (Fsp3) is 0.682. The number of carbonyl (C=O) groups excluding carboxylic acids is 1. The Hall–Kier alpha value is -1.60. The fourth-order valence-electron chi connectivity index (χ4n) is 3.82. The predicted molar refractivity (Wildman–Crippen MR) is 115 cm³/mol. The lowest BCUT2D eigenvalue weighted by molar-refractivity contribution is -0.226. The highest BCUT2D eigenvalue weighted by molar-refractivity contribution is 7.90. The molecule has 7 heteroatoms. The molecule has 1 aromatic rings. The van der Waals surface area contributed by atoms with Gasteiger partial charge in [0.2, 0.25) is 0 Å². The molecule has 2 N–H and O–H groups in total. The van der Waals surface area contributed by atoms with Crippen LogP contribution in [0.5, 0.6) is 0 Å². The molecule has 6 nitrogen and oxygen atoms in total. The van der Waals surface area contributed by atoms with Gasteiger partial charge in [0.05, 0.1) is 4.90 Å². The van der Waals surface area contributed by atoms with E-state index in [9.17, 15) is 18.3 Å². The maximum Gasteiger partial charge on any atom is 0.421 e. The molecule has 0 aliphatic carbocycles. The summed E-state index contributed by atoms with van der Waals surface area (Å²) in [7, 11) is -4.09. The summed E-state index contributed by atoms with van der Waals surface area (Å²) in [5.41, 5.74) is -2.50. The molecule has 0 saturated carbocycles. The van der Waals surface area contributed by atoms with E-state index >= 15 is 0 Å². The number of nitrogens with one attached hydrogen (secondary N) is 1. The van der Waals surface area contributed by atoms with Crippen LogP contribution in [0.1, 0.15) is 67.9 Å². The lowest BCUT2D eigenvalue weighted by Gasteiger charge is -2.56. The number of aliphatic hydroxyl groups is 1. The van der Waals surface area contributed by atoms with Gasteiger partial charge in [-0.15, -0.1) is 0 Å². The molecule has 0 fully saturated rings. The zero-order valence-electron chi connectivity index (χ0n) is 19.4. The van der Waals surface area contributed by atoms with Crippen molar-refractivity contribution < 1.29 is 23.1 Å². The first kappa shape index (κ1) is 25.4. The van der Waals surface area contributed by atoms with Gasteiger partial charge in [-0.25, -0.2) is 17.9 Å². The number of carbonyl (C=O) groups is 1. The second kappa shape index (κ2) is 7.91. The minimum atomic E-state index is -4.09. The average Bonchev–Trinajstić information content (AvgIpc) is 2.48. The first-order chi connectivity index (χ1) is 12.7.